The van der Waals surface area contributed by atoms with Gasteiger partial charge in [-0.1, -0.05) is 36.0 Å². The molecular weight excluding hydrogens is 284 g/mol. The SMILES string of the molecule is CSc1ccc(C(=O)NCc2cccc3cccnc23)o1. The number of para-hydroxylation sites is 1. The number of hydrogen-bond acceptors (Lipinski definition) is 4. The number of fused-ring (bicyclic) bond motifs is 1. The standard InChI is InChI=1S/C16H14N2O2S/c1-21-14-8-7-13(20-14)16(19)18-10-12-5-2-4-11-6-3-9-17-15(11)12/h2-9H,10H2,1H3,(H,18,19). The van der Waals surface area contributed by atoms with Crippen LogP contribution in [0.1, 0.15) is 16.1 Å². The number of carbonyl (C=O) groups excluding carboxylic acids is 1. The van der Waals surface area contributed by atoms with Crippen molar-refractivity contribution in [3.8, 4) is 0 Å². The van der Waals surface area contributed by atoms with Crippen LogP contribution >= 0.6 is 11.8 Å². The quantitative estimate of drug-likeness (QED) is 0.749. The smallest absolute Gasteiger partial charge is 0.287 e. The van der Waals surface area contributed by atoms with Crippen LogP contribution in [0.4, 0.5) is 0 Å². The number of furan rings is 1. The molecule has 0 atom stereocenters. The minimum atomic E-state index is -0.219. The molecule has 2 heterocycles. The van der Waals surface area contributed by atoms with Crippen molar-refractivity contribution < 1.29 is 9.21 Å². The molecule has 0 unspecified atom stereocenters. The number of benzene rings is 1. The zero-order chi connectivity index (χ0) is 14.7. The van der Waals surface area contributed by atoms with Crippen LogP contribution in [-0.2, 0) is 6.54 Å². The summed E-state index contributed by atoms with van der Waals surface area (Å²) < 4.78 is 5.41. The molecule has 1 aromatic carbocycles. The van der Waals surface area contributed by atoms with Gasteiger partial charge in [-0.05, 0) is 30.0 Å². The zero-order valence-electron chi connectivity index (χ0n) is 11.5. The van der Waals surface area contributed by atoms with Crippen molar-refractivity contribution in [1.82, 2.24) is 10.3 Å². The summed E-state index contributed by atoms with van der Waals surface area (Å²) in [5.74, 6) is 0.107. The van der Waals surface area contributed by atoms with E-state index in [0.29, 0.717) is 12.3 Å². The van der Waals surface area contributed by atoms with Gasteiger partial charge in [-0.25, -0.2) is 0 Å². The molecule has 0 saturated heterocycles. The average molecular weight is 298 g/mol. The van der Waals surface area contributed by atoms with E-state index >= 15 is 0 Å². The normalized spacial score (nSPS) is 10.7. The molecule has 0 aliphatic rings. The highest BCUT2D eigenvalue weighted by Gasteiger charge is 2.11. The highest BCUT2D eigenvalue weighted by Crippen LogP contribution is 2.19. The topological polar surface area (TPSA) is 55.1 Å². The van der Waals surface area contributed by atoms with Crippen LogP contribution in [0, 0.1) is 0 Å². The van der Waals surface area contributed by atoms with Crippen LogP contribution in [-0.4, -0.2) is 17.1 Å². The Morgan fingerprint density at radius 2 is 2.10 bits per heavy atom. The Morgan fingerprint density at radius 1 is 1.24 bits per heavy atom. The summed E-state index contributed by atoms with van der Waals surface area (Å²) >= 11 is 1.47. The van der Waals surface area contributed by atoms with Crippen LogP contribution < -0.4 is 5.32 Å². The molecule has 0 radical (unpaired) electrons. The predicted molar refractivity (Wildman–Crippen MR) is 83.4 cm³/mol. The number of hydrogen-bond donors (Lipinski definition) is 1. The summed E-state index contributed by atoms with van der Waals surface area (Å²) in [6, 6.07) is 13.3. The average Bonchev–Trinajstić information content (AvgIpc) is 3.01. The van der Waals surface area contributed by atoms with Crippen molar-refractivity contribution in [3.05, 3.63) is 60.0 Å². The molecule has 1 amide bonds. The second-order valence-electron chi connectivity index (χ2n) is 4.50. The Morgan fingerprint density at radius 3 is 2.90 bits per heavy atom. The van der Waals surface area contributed by atoms with Gasteiger partial charge in [0.05, 0.1) is 5.52 Å². The van der Waals surface area contributed by atoms with Crippen molar-refractivity contribution >= 4 is 28.6 Å². The first-order valence-electron chi connectivity index (χ1n) is 6.52. The molecular formula is C16H14N2O2S. The molecule has 0 aliphatic heterocycles. The first kappa shape index (κ1) is 13.7. The third-order valence-corrected chi connectivity index (χ3v) is 3.78. The Bertz CT molecular complexity index is 777. The molecule has 0 bridgehead atoms. The number of aromatic nitrogens is 1. The van der Waals surface area contributed by atoms with Crippen molar-refractivity contribution in [2.75, 3.05) is 6.26 Å². The van der Waals surface area contributed by atoms with Crippen molar-refractivity contribution in [2.24, 2.45) is 0 Å². The van der Waals surface area contributed by atoms with E-state index in [1.54, 1.807) is 18.3 Å². The molecule has 4 nitrogen and oxygen atoms in total. The lowest BCUT2D eigenvalue weighted by molar-refractivity contribution is 0.0918. The number of pyridine rings is 1. The predicted octanol–water partition coefficient (Wildman–Crippen LogP) is 3.48. The van der Waals surface area contributed by atoms with Crippen LogP contribution in [0.15, 0.2) is 58.2 Å². The van der Waals surface area contributed by atoms with E-state index in [0.717, 1.165) is 21.6 Å². The minimum Gasteiger partial charge on any atom is -0.445 e. The number of thioether (sulfide) groups is 1. The summed E-state index contributed by atoms with van der Waals surface area (Å²) in [6.45, 7) is 0.419. The lowest BCUT2D eigenvalue weighted by Gasteiger charge is -2.06. The molecule has 0 fully saturated rings. The van der Waals surface area contributed by atoms with Crippen molar-refractivity contribution in [1.29, 1.82) is 0 Å². The molecule has 0 saturated carbocycles. The molecule has 3 rings (SSSR count). The molecule has 106 valence electrons. The molecule has 0 spiro atoms. The minimum absolute atomic E-state index is 0.219. The third-order valence-electron chi connectivity index (χ3n) is 3.16. The van der Waals surface area contributed by atoms with Gasteiger partial charge in [0.15, 0.2) is 10.9 Å². The molecule has 0 aliphatic carbocycles. The number of nitrogens with one attached hydrogen (secondary N) is 1. The van der Waals surface area contributed by atoms with Gasteiger partial charge in [0, 0.05) is 18.1 Å². The number of carbonyl (C=O) groups is 1. The monoisotopic (exact) mass is 298 g/mol. The summed E-state index contributed by atoms with van der Waals surface area (Å²) in [5.41, 5.74) is 1.89. The van der Waals surface area contributed by atoms with Gasteiger partial charge in [-0.3, -0.25) is 9.78 Å². The van der Waals surface area contributed by atoms with Gasteiger partial charge >= 0.3 is 0 Å². The fourth-order valence-electron chi connectivity index (χ4n) is 2.12. The molecule has 1 N–H and O–H groups in total. The van der Waals surface area contributed by atoms with Crippen LogP contribution in [0.5, 0.6) is 0 Å². The van der Waals surface area contributed by atoms with Crippen molar-refractivity contribution in [3.63, 3.8) is 0 Å². The molecule has 5 heteroatoms. The Hall–Kier alpha value is -2.27. The first-order chi connectivity index (χ1) is 10.3. The summed E-state index contributed by atoms with van der Waals surface area (Å²) in [7, 11) is 0. The Labute approximate surface area is 126 Å². The number of nitrogens with zero attached hydrogens (tertiary/aromatic N) is 1. The number of rotatable bonds is 4. The van der Waals surface area contributed by atoms with E-state index in [1.165, 1.54) is 11.8 Å². The van der Waals surface area contributed by atoms with E-state index in [2.05, 4.69) is 10.3 Å². The van der Waals surface area contributed by atoms with E-state index < -0.39 is 0 Å². The van der Waals surface area contributed by atoms with Crippen LogP contribution in [0.2, 0.25) is 0 Å². The Kier molecular flexibility index (Phi) is 3.92. The molecule has 3 aromatic rings. The second kappa shape index (κ2) is 6.01. The first-order valence-corrected chi connectivity index (χ1v) is 7.75. The van der Waals surface area contributed by atoms with Crippen molar-refractivity contribution in [2.45, 2.75) is 11.6 Å². The maximum atomic E-state index is 12.0. The fourth-order valence-corrected chi connectivity index (χ4v) is 2.50. The maximum absolute atomic E-state index is 12.0. The van der Waals surface area contributed by atoms with Crippen LogP contribution in [0.3, 0.4) is 0 Å². The molecule has 21 heavy (non-hydrogen) atoms. The fraction of sp³-hybridized carbons (Fsp3) is 0.125. The second-order valence-corrected chi connectivity index (χ2v) is 5.31. The summed E-state index contributed by atoms with van der Waals surface area (Å²) in [6.07, 6.45) is 3.66. The summed E-state index contributed by atoms with van der Waals surface area (Å²) in [5, 5.41) is 4.65. The van der Waals surface area contributed by atoms with Gasteiger partial charge in [-0.15, -0.1) is 0 Å². The van der Waals surface area contributed by atoms with Gasteiger partial charge in [0.1, 0.15) is 0 Å². The third kappa shape index (κ3) is 2.92. The lowest BCUT2D eigenvalue weighted by Crippen LogP contribution is -2.22. The molecule has 2 aromatic heterocycles. The van der Waals surface area contributed by atoms with Gasteiger partial charge in [0.25, 0.3) is 5.91 Å². The van der Waals surface area contributed by atoms with E-state index in [4.69, 9.17) is 4.42 Å². The summed E-state index contributed by atoms with van der Waals surface area (Å²) in [4.78, 5) is 16.4. The maximum Gasteiger partial charge on any atom is 0.287 e. The number of amides is 1. The highest BCUT2D eigenvalue weighted by atomic mass is 32.2. The van der Waals surface area contributed by atoms with Gasteiger partial charge < -0.3 is 9.73 Å². The Balaban J connectivity index is 1.75. The van der Waals surface area contributed by atoms with E-state index in [-0.39, 0.29) is 5.91 Å². The van der Waals surface area contributed by atoms with Crippen LogP contribution in [0.25, 0.3) is 10.9 Å². The zero-order valence-corrected chi connectivity index (χ0v) is 12.3. The van der Waals surface area contributed by atoms with Gasteiger partial charge in [0.2, 0.25) is 0 Å². The lowest BCUT2D eigenvalue weighted by atomic mass is 10.1. The van der Waals surface area contributed by atoms with Gasteiger partial charge in [-0.2, -0.15) is 0 Å². The van der Waals surface area contributed by atoms with E-state index in [1.807, 2.05) is 36.6 Å². The van der Waals surface area contributed by atoms with E-state index in [9.17, 15) is 4.79 Å². The largest absolute Gasteiger partial charge is 0.445 e. The highest BCUT2D eigenvalue weighted by molar-refractivity contribution is 7.98.